The molecule has 0 radical (unpaired) electrons. The van der Waals surface area contributed by atoms with Gasteiger partial charge in [-0.15, -0.1) is 0 Å². The average Bonchev–Trinajstić information content (AvgIpc) is 2.33. The molecule has 0 aromatic carbocycles. The van der Waals surface area contributed by atoms with Crippen LogP contribution in [0.15, 0.2) is 24.3 Å². The molecular weight excluding hydrogens is 216 g/mol. The van der Waals surface area contributed by atoms with Crippen LogP contribution in [0.4, 0.5) is 0 Å². The van der Waals surface area contributed by atoms with E-state index in [2.05, 4.69) is 13.0 Å². The van der Waals surface area contributed by atoms with Crippen LogP contribution in [0.2, 0.25) is 0 Å². The summed E-state index contributed by atoms with van der Waals surface area (Å²) in [5.41, 5.74) is 0. The van der Waals surface area contributed by atoms with Crippen molar-refractivity contribution in [3.8, 4) is 0 Å². The van der Waals surface area contributed by atoms with Gasteiger partial charge in [0.05, 0.1) is 12.2 Å². The van der Waals surface area contributed by atoms with Crippen LogP contribution in [0.3, 0.4) is 0 Å². The van der Waals surface area contributed by atoms with Crippen LogP contribution in [-0.2, 0) is 0 Å². The quantitative estimate of drug-likeness (QED) is 0.640. The molecule has 0 aromatic heterocycles. The largest absolute Gasteiger partial charge is 0.396 e. The molecule has 0 unspecified atom stereocenters. The zero-order valence-electron chi connectivity index (χ0n) is 10.5. The van der Waals surface area contributed by atoms with E-state index in [1.165, 1.54) is 0 Å². The number of aliphatic hydroxyl groups is 3. The number of rotatable bonds is 5. The third-order valence-electron chi connectivity index (χ3n) is 3.45. The number of hydrogen-bond acceptors (Lipinski definition) is 3. The standard InChI is InChI=1S/C14H24O3/c1-2-3-4-5-6-7-11-8-9-13(16)14(17)12(11)10-15/h4-7,11-17H,2-3,8-10H2,1H3/b5-4+,7-6+/t11-,12+,13+,14+/m0/s1. The van der Waals surface area contributed by atoms with Crippen molar-refractivity contribution in [2.24, 2.45) is 11.8 Å². The first-order valence-electron chi connectivity index (χ1n) is 6.51. The summed E-state index contributed by atoms with van der Waals surface area (Å²) in [7, 11) is 0. The highest BCUT2D eigenvalue weighted by atomic mass is 16.3. The minimum absolute atomic E-state index is 0.0775. The fourth-order valence-corrected chi connectivity index (χ4v) is 2.32. The van der Waals surface area contributed by atoms with Gasteiger partial charge in [0.15, 0.2) is 0 Å². The van der Waals surface area contributed by atoms with Gasteiger partial charge in [-0.3, -0.25) is 0 Å². The van der Waals surface area contributed by atoms with Gasteiger partial charge in [-0.1, -0.05) is 37.6 Å². The summed E-state index contributed by atoms with van der Waals surface area (Å²) >= 11 is 0. The van der Waals surface area contributed by atoms with Gasteiger partial charge >= 0.3 is 0 Å². The van der Waals surface area contributed by atoms with Gasteiger partial charge < -0.3 is 15.3 Å². The van der Waals surface area contributed by atoms with Gasteiger partial charge in [-0.25, -0.2) is 0 Å². The molecule has 0 heterocycles. The number of hydrogen-bond donors (Lipinski definition) is 3. The molecule has 0 saturated heterocycles. The van der Waals surface area contributed by atoms with Crippen molar-refractivity contribution in [1.82, 2.24) is 0 Å². The van der Waals surface area contributed by atoms with Crippen molar-refractivity contribution in [2.45, 2.75) is 44.8 Å². The van der Waals surface area contributed by atoms with E-state index in [4.69, 9.17) is 0 Å². The number of allylic oxidation sites excluding steroid dienone is 4. The van der Waals surface area contributed by atoms with Crippen LogP contribution < -0.4 is 0 Å². The topological polar surface area (TPSA) is 60.7 Å². The van der Waals surface area contributed by atoms with Crippen LogP contribution >= 0.6 is 0 Å². The number of unbranched alkanes of at least 4 members (excludes halogenated alkanes) is 1. The Morgan fingerprint density at radius 2 is 1.94 bits per heavy atom. The minimum Gasteiger partial charge on any atom is -0.396 e. The van der Waals surface area contributed by atoms with Crippen molar-refractivity contribution < 1.29 is 15.3 Å². The maximum atomic E-state index is 9.79. The first-order valence-corrected chi connectivity index (χ1v) is 6.51. The summed E-state index contributed by atoms with van der Waals surface area (Å²) in [6, 6.07) is 0. The fourth-order valence-electron chi connectivity index (χ4n) is 2.32. The van der Waals surface area contributed by atoms with E-state index in [1.54, 1.807) is 0 Å². The molecule has 0 aliphatic heterocycles. The molecule has 3 heteroatoms. The van der Waals surface area contributed by atoms with Crippen molar-refractivity contribution in [2.75, 3.05) is 6.61 Å². The van der Waals surface area contributed by atoms with Crippen molar-refractivity contribution in [3.63, 3.8) is 0 Å². The smallest absolute Gasteiger partial charge is 0.0854 e. The highest BCUT2D eigenvalue weighted by Gasteiger charge is 2.35. The maximum Gasteiger partial charge on any atom is 0.0854 e. The first kappa shape index (κ1) is 14.4. The molecule has 0 bridgehead atoms. The van der Waals surface area contributed by atoms with Crippen LogP contribution in [0, 0.1) is 11.8 Å². The predicted molar refractivity (Wildman–Crippen MR) is 68.5 cm³/mol. The SMILES string of the molecule is CCC/C=C/C=C/[C@H]1CC[C@@H](O)[C@H](O)[C@@H]1CO. The molecule has 0 amide bonds. The second kappa shape index (κ2) is 7.64. The highest BCUT2D eigenvalue weighted by molar-refractivity contribution is 5.07. The first-order chi connectivity index (χ1) is 8.20. The Kier molecular flexibility index (Phi) is 6.48. The molecule has 1 saturated carbocycles. The van der Waals surface area contributed by atoms with Gasteiger partial charge in [0.2, 0.25) is 0 Å². The summed E-state index contributed by atoms with van der Waals surface area (Å²) in [6.07, 6.45) is 10.3. The molecule has 0 spiro atoms. The summed E-state index contributed by atoms with van der Waals surface area (Å²) in [6.45, 7) is 2.06. The zero-order chi connectivity index (χ0) is 12.7. The molecule has 1 aliphatic carbocycles. The Hall–Kier alpha value is -0.640. The van der Waals surface area contributed by atoms with Crippen LogP contribution in [0.25, 0.3) is 0 Å². The molecule has 1 aliphatic rings. The Morgan fingerprint density at radius 3 is 2.59 bits per heavy atom. The Labute approximate surface area is 103 Å². The second-order valence-electron chi connectivity index (χ2n) is 4.75. The molecule has 0 aromatic rings. The predicted octanol–water partition coefficient (Wildman–Crippen LogP) is 1.64. The minimum atomic E-state index is -0.803. The van der Waals surface area contributed by atoms with Crippen molar-refractivity contribution >= 4 is 0 Å². The Balaban J connectivity index is 2.51. The molecule has 17 heavy (non-hydrogen) atoms. The van der Waals surface area contributed by atoms with Gasteiger partial charge in [-0.2, -0.15) is 0 Å². The average molecular weight is 240 g/mol. The van der Waals surface area contributed by atoms with Crippen LogP contribution in [-0.4, -0.2) is 34.1 Å². The van der Waals surface area contributed by atoms with E-state index in [-0.39, 0.29) is 18.4 Å². The molecule has 3 nitrogen and oxygen atoms in total. The molecule has 3 N–H and O–H groups in total. The second-order valence-corrected chi connectivity index (χ2v) is 4.75. The van der Waals surface area contributed by atoms with Gasteiger partial charge in [0, 0.05) is 12.5 Å². The van der Waals surface area contributed by atoms with Crippen molar-refractivity contribution in [3.05, 3.63) is 24.3 Å². The third kappa shape index (κ3) is 4.26. The Morgan fingerprint density at radius 1 is 1.18 bits per heavy atom. The summed E-state index contributed by atoms with van der Waals surface area (Å²) < 4.78 is 0. The van der Waals surface area contributed by atoms with E-state index in [0.29, 0.717) is 6.42 Å². The molecule has 4 atom stereocenters. The van der Waals surface area contributed by atoms with Crippen LogP contribution in [0.1, 0.15) is 32.6 Å². The van der Waals surface area contributed by atoms with Crippen LogP contribution in [0.5, 0.6) is 0 Å². The number of aliphatic hydroxyl groups excluding tert-OH is 3. The molecular formula is C14H24O3. The molecule has 1 fully saturated rings. The molecule has 98 valence electrons. The summed E-state index contributed by atoms with van der Waals surface area (Å²) in [4.78, 5) is 0. The van der Waals surface area contributed by atoms with E-state index in [1.807, 2.05) is 18.2 Å². The van der Waals surface area contributed by atoms with E-state index in [0.717, 1.165) is 19.3 Å². The monoisotopic (exact) mass is 240 g/mol. The lowest BCUT2D eigenvalue weighted by Gasteiger charge is -2.36. The Bertz CT molecular complexity index is 260. The summed E-state index contributed by atoms with van der Waals surface area (Å²) in [5, 5.41) is 28.6. The van der Waals surface area contributed by atoms with Gasteiger partial charge in [-0.05, 0) is 25.2 Å². The lowest BCUT2D eigenvalue weighted by molar-refractivity contribution is -0.0733. The molecule has 1 rings (SSSR count). The lowest BCUT2D eigenvalue weighted by Crippen LogP contribution is -2.43. The van der Waals surface area contributed by atoms with Gasteiger partial charge in [0.1, 0.15) is 0 Å². The van der Waals surface area contributed by atoms with E-state index >= 15 is 0 Å². The third-order valence-corrected chi connectivity index (χ3v) is 3.45. The van der Waals surface area contributed by atoms with Crippen molar-refractivity contribution in [1.29, 1.82) is 0 Å². The van der Waals surface area contributed by atoms with E-state index < -0.39 is 12.2 Å². The summed E-state index contributed by atoms with van der Waals surface area (Å²) in [5.74, 6) is -0.0840. The lowest BCUT2D eigenvalue weighted by atomic mass is 9.76. The normalized spacial score (nSPS) is 34.8. The fraction of sp³-hybridized carbons (Fsp3) is 0.714. The zero-order valence-corrected chi connectivity index (χ0v) is 10.5. The van der Waals surface area contributed by atoms with Gasteiger partial charge in [0.25, 0.3) is 0 Å². The van der Waals surface area contributed by atoms with E-state index in [9.17, 15) is 15.3 Å². The highest BCUT2D eigenvalue weighted by Crippen LogP contribution is 2.31. The maximum absolute atomic E-state index is 9.79.